The Morgan fingerprint density at radius 2 is 2.25 bits per heavy atom. The van der Waals surface area contributed by atoms with E-state index in [0.717, 1.165) is 0 Å². The molecule has 0 saturated carbocycles. The van der Waals surface area contributed by atoms with E-state index in [4.69, 9.17) is 11.0 Å². The van der Waals surface area contributed by atoms with Gasteiger partial charge >= 0.3 is 0 Å². The van der Waals surface area contributed by atoms with Crippen LogP contribution in [0.3, 0.4) is 0 Å². The van der Waals surface area contributed by atoms with Gasteiger partial charge in [-0.25, -0.2) is 4.39 Å². The predicted octanol–water partition coefficient (Wildman–Crippen LogP) is 1.37. The molecule has 1 atom stereocenters. The Balaban J connectivity index is 2.92. The van der Waals surface area contributed by atoms with Crippen LogP contribution in [-0.2, 0) is 0 Å². The largest absolute Gasteiger partial charge is 0.340 e. The molecule has 2 N–H and O–H groups in total. The molecule has 0 spiro atoms. The molecule has 0 saturated heterocycles. The highest BCUT2D eigenvalue weighted by Gasteiger charge is 2.17. The van der Waals surface area contributed by atoms with Crippen LogP contribution in [0.2, 0.25) is 0 Å². The van der Waals surface area contributed by atoms with Gasteiger partial charge in [0, 0.05) is 19.2 Å². The summed E-state index contributed by atoms with van der Waals surface area (Å²) in [7, 11) is 1.54. The second-order valence-electron chi connectivity index (χ2n) is 4.42. The second-order valence-corrected chi connectivity index (χ2v) is 4.42. The van der Waals surface area contributed by atoms with Crippen molar-refractivity contribution in [2.24, 2.45) is 11.7 Å². The van der Waals surface area contributed by atoms with E-state index in [1.54, 1.807) is 13.0 Å². The van der Waals surface area contributed by atoms with Crippen LogP contribution in [0.1, 0.15) is 22.8 Å². The molecule has 1 amide bonds. The first kappa shape index (κ1) is 15.7. The second kappa shape index (κ2) is 7.28. The molecule has 0 fully saturated rings. The summed E-state index contributed by atoms with van der Waals surface area (Å²) in [6.45, 7) is 2.15. The predicted molar refractivity (Wildman–Crippen MR) is 74.1 cm³/mol. The van der Waals surface area contributed by atoms with Gasteiger partial charge in [0.2, 0.25) is 0 Å². The van der Waals surface area contributed by atoms with Crippen molar-refractivity contribution >= 4 is 5.91 Å². The Kier molecular flexibility index (Phi) is 5.71. The van der Waals surface area contributed by atoms with Gasteiger partial charge in [0.25, 0.3) is 5.91 Å². The van der Waals surface area contributed by atoms with Crippen molar-refractivity contribution in [1.29, 1.82) is 5.26 Å². The smallest absolute Gasteiger partial charge is 0.256 e. The van der Waals surface area contributed by atoms with Crippen molar-refractivity contribution in [3.05, 3.63) is 35.1 Å². The average Bonchev–Trinajstić information content (AvgIpc) is 2.44. The maximum absolute atomic E-state index is 13.9. The number of nitrogens with zero attached hydrogens (tertiary/aromatic N) is 2. The highest BCUT2D eigenvalue weighted by Crippen LogP contribution is 2.13. The zero-order valence-corrected chi connectivity index (χ0v) is 11.5. The molecular formula is C15H16FN3O. The van der Waals surface area contributed by atoms with Crippen LogP contribution < -0.4 is 5.73 Å². The molecule has 1 rings (SSSR count). The third kappa shape index (κ3) is 4.08. The number of rotatable bonds is 3. The topological polar surface area (TPSA) is 70.1 Å². The zero-order chi connectivity index (χ0) is 15.1. The van der Waals surface area contributed by atoms with Gasteiger partial charge in [0.1, 0.15) is 5.82 Å². The molecule has 0 radical (unpaired) electrons. The molecule has 4 nitrogen and oxygen atoms in total. The first-order valence-corrected chi connectivity index (χ1v) is 6.13. The van der Waals surface area contributed by atoms with Crippen LogP contribution in [0.25, 0.3) is 0 Å². The quantitative estimate of drug-likeness (QED) is 0.845. The van der Waals surface area contributed by atoms with E-state index < -0.39 is 11.7 Å². The summed E-state index contributed by atoms with van der Waals surface area (Å²) in [5, 5.41) is 8.72. The Labute approximate surface area is 118 Å². The van der Waals surface area contributed by atoms with Crippen LogP contribution >= 0.6 is 0 Å². The highest BCUT2D eigenvalue weighted by molar-refractivity contribution is 5.94. The van der Waals surface area contributed by atoms with E-state index >= 15 is 0 Å². The summed E-state index contributed by atoms with van der Waals surface area (Å²) in [4.78, 5) is 13.4. The van der Waals surface area contributed by atoms with E-state index in [0.29, 0.717) is 5.56 Å². The number of nitriles is 1. The summed E-state index contributed by atoms with van der Waals surface area (Å²) >= 11 is 0. The Morgan fingerprint density at radius 1 is 1.55 bits per heavy atom. The summed E-state index contributed by atoms with van der Waals surface area (Å²) in [5.74, 6) is 3.93. The fourth-order valence-corrected chi connectivity index (χ4v) is 1.66. The first-order chi connectivity index (χ1) is 9.49. The summed E-state index contributed by atoms with van der Waals surface area (Å²) in [6.07, 6.45) is 0. The van der Waals surface area contributed by atoms with E-state index in [1.165, 1.54) is 24.1 Å². The van der Waals surface area contributed by atoms with Crippen LogP contribution in [0, 0.1) is 34.9 Å². The molecule has 1 aromatic carbocycles. The normalized spacial score (nSPS) is 10.9. The number of hydrogen-bond donors (Lipinski definition) is 1. The molecule has 1 aromatic rings. The molecule has 0 aliphatic carbocycles. The Morgan fingerprint density at radius 3 is 2.80 bits per heavy atom. The number of hydrogen-bond acceptors (Lipinski definition) is 3. The van der Waals surface area contributed by atoms with Gasteiger partial charge in [-0.1, -0.05) is 11.8 Å². The fourth-order valence-electron chi connectivity index (χ4n) is 1.66. The number of nitrogens with two attached hydrogens (primary N) is 1. The molecular weight excluding hydrogens is 257 g/mol. The molecule has 0 aliphatic heterocycles. The fraction of sp³-hybridized carbons (Fsp3) is 0.333. The number of carbonyl (C=O) groups is 1. The Bertz CT molecular complexity index is 595. The lowest BCUT2D eigenvalue weighted by Gasteiger charge is -2.18. The molecule has 0 heterocycles. The van der Waals surface area contributed by atoms with Gasteiger partial charge in [-0.3, -0.25) is 4.79 Å². The SMILES string of the molecule is CC(C#N)CN(C)C(=O)c1ccc(C#CCN)cc1F. The number of halogens is 1. The number of carbonyl (C=O) groups excluding carboxylic acids is 1. The zero-order valence-electron chi connectivity index (χ0n) is 11.5. The van der Waals surface area contributed by atoms with Crippen LogP contribution in [0.5, 0.6) is 0 Å². The molecule has 0 aromatic heterocycles. The van der Waals surface area contributed by atoms with E-state index in [1.807, 2.05) is 6.07 Å². The maximum Gasteiger partial charge on any atom is 0.256 e. The van der Waals surface area contributed by atoms with Gasteiger partial charge in [-0.05, 0) is 25.1 Å². The molecule has 1 unspecified atom stereocenters. The van der Waals surface area contributed by atoms with Gasteiger partial charge in [-0.15, -0.1) is 0 Å². The van der Waals surface area contributed by atoms with Crippen molar-refractivity contribution < 1.29 is 9.18 Å². The minimum atomic E-state index is -0.629. The maximum atomic E-state index is 13.9. The lowest BCUT2D eigenvalue weighted by molar-refractivity contribution is 0.0780. The van der Waals surface area contributed by atoms with Crippen LogP contribution in [-0.4, -0.2) is 30.9 Å². The van der Waals surface area contributed by atoms with E-state index in [9.17, 15) is 9.18 Å². The van der Waals surface area contributed by atoms with Gasteiger partial charge in [0.05, 0.1) is 24.1 Å². The minimum Gasteiger partial charge on any atom is -0.340 e. The lowest BCUT2D eigenvalue weighted by Crippen LogP contribution is -2.31. The van der Waals surface area contributed by atoms with Gasteiger partial charge in [0.15, 0.2) is 0 Å². The van der Waals surface area contributed by atoms with Crippen molar-refractivity contribution in [2.75, 3.05) is 20.1 Å². The highest BCUT2D eigenvalue weighted by atomic mass is 19.1. The Hall–Kier alpha value is -2.37. The average molecular weight is 273 g/mol. The van der Waals surface area contributed by atoms with Gasteiger partial charge < -0.3 is 10.6 Å². The van der Waals surface area contributed by atoms with E-state index in [-0.39, 0.29) is 24.6 Å². The first-order valence-electron chi connectivity index (χ1n) is 6.13. The monoisotopic (exact) mass is 273 g/mol. The summed E-state index contributed by atoms with van der Waals surface area (Å²) in [6, 6.07) is 6.20. The van der Waals surface area contributed by atoms with Crippen molar-refractivity contribution in [3.8, 4) is 17.9 Å². The standard InChI is InChI=1S/C15H16FN3O/c1-11(9-18)10-19(2)15(20)13-6-5-12(4-3-7-17)8-14(13)16/h5-6,8,11H,7,10,17H2,1-2H3. The van der Waals surface area contributed by atoms with Crippen LogP contribution in [0.4, 0.5) is 4.39 Å². The summed E-state index contributed by atoms with van der Waals surface area (Å²) < 4.78 is 13.9. The molecule has 5 heteroatoms. The van der Waals surface area contributed by atoms with E-state index in [2.05, 4.69) is 11.8 Å². The molecule has 0 aliphatic rings. The van der Waals surface area contributed by atoms with Crippen molar-refractivity contribution in [1.82, 2.24) is 4.90 Å². The molecule has 104 valence electrons. The third-order valence-electron chi connectivity index (χ3n) is 2.65. The number of amides is 1. The third-order valence-corrected chi connectivity index (χ3v) is 2.65. The van der Waals surface area contributed by atoms with Gasteiger partial charge in [-0.2, -0.15) is 5.26 Å². The summed E-state index contributed by atoms with van der Waals surface area (Å²) in [5.41, 5.74) is 5.68. The molecule has 0 bridgehead atoms. The lowest BCUT2D eigenvalue weighted by atomic mass is 10.1. The molecule has 20 heavy (non-hydrogen) atoms. The minimum absolute atomic E-state index is 0.0315. The van der Waals surface area contributed by atoms with Crippen molar-refractivity contribution in [3.63, 3.8) is 0 Å². The number of benzene rings is 1. The van der Waals surface area contributed by atoms with Crippen molar-refractivity contribution in [2.45, 2.75) is 6.92 Å². The van der Waals surface area contributed by atoms with Crippen LogP contribution in [0.15, 0.2) is 18.2 Å².